The van der Waals surface area contributed by atoms with E-state index >= 15 is 0 Å². The number of rotatable bonds is 7. The zero-order valence-corrected chi connectivity index (χ0v) is 17.8. The molecule has 8 heteroatoms. The van der Waals surface area contributed by atoms with Crippen molar-refractivity contribution in [3.05, 3.63) is 71.1 Å². The third-order valence-corrected chi connectivity index (χ3v) is 5.86. The van der Waals surface area contributed by atoms with Gasteiger partial charge in [-0.05, 0) is 49.2 Å². The molecule has 2 aromatic carbocycles. The molecule has 1 amide bonds. The Balaban J connectivity index is 1.77. The molecular formula is C22H23N3O4S. The Morgan fingerprint density at radius 2 is 1.77 bits per heavy atom. The van der Waals surface area contributed by atoms with Crippen LogP contribution in [0.3, 0.4) is 0 Å². The van der Waals surface area contributed by atoms with E-state index in [1.807, 2.05) is 19.1 Å². The Morgan fingerprint density at radius 3 is 2.43 bits per heavy atom. The van der Waals surface area contributed by atoms with Gasteiger partial charge in [-0.1, -0.05) is 48.5 Å². The molecule has 0 radical (unpaired) electrons. The quantitative estimate of drug-likeness (QED) is 0.576. The zero-order valence-electron chi connectivity index (χ0n) is 17.0. The molecule has 0 spiro atoms. The Kier molecular flexibility index (Phi) is 6.37. The maximum absolute atomic E-state index is 12.6. The number of sulfonamides is 1. The molecular weight excluding hydrogens is 402 g/mol. The molecule has 0 aliphatic carbocycles. The predicted octanol–water partition coefficient (Wildman–Crippen LogP) is 4.61. The van der Waals surface area contributed by atoms with Gasteiger partial charge >= 0.3 is 0 Å². The number of carbonyl (C=O) groups excluding carboxylic acids is 1. The smallest absolute Gasteiger partial charge is 0.261 e. The number of benzene rings is 2. The van der Waals surface area contributed by atoms with Gasteiger partial charge in [0.15, 0.2) is 5.76 Å². The summed E-state index contributed by atoms with van der Waals surface area (Å²) < 4.78 is 33.1. The lowest BCUT2D eigenvalue weighted by atomic mass is 10.2. The highest BCUT2D eigenvalue weighted by Gasteiger charge is 2.15. The standard InChI is InChI=1S/C22H23N3O4S/c1-4-21(26)23-22-16(3)24-29-20(22)14-11-17-9-12-18(13-10-17)30(27,28)25-19-8-6-5-7-15(19)2/h5-14,25H,4H2,1-3H3,(H,23,26). The summed E-state index contributed by atoms with van der Waals surface area (Å²) in [5.74, 6) is 0.291. The average molecular weight is 426 g/mol. The van der Waals surface area contributed by atoms with E-state index in [1.165, 1.54) is 12.1 Å². The molecule has 30 heavy (non-hydrogen) atoms. The van der Waals surface area contributed by atoms with Crippen molar-refractivity contribution in [2.45, 2.75) is 32.1 Å². The highest BCUT2D eigenvalue weighted by Crippen LogP contribution is 2.24. The van der Waals surface area contributed by atoms with Crippen LogP contribution in [0.1, 0.15) is 35.9 Å². The van der Waals surface area contributed by atoms with Crippen LogP contribution >= 0.6 is 0 Å². The summed E-state index contributed by atoms with van der Waals surface area (Å²) in [7, 11) is -3.69. The van der Waals surface area contributed by atoms with E-state index in [1.54, 1.807) is 50.3 Å². The lowest BCUT2D eigenvalue weighted by Crippen LogP contribution is -2.13. The average Bonchev–Trinajstić information content (AvgIpc) is 3.07. The van der Waals surface area contributed by atoms with Gasteiger partial charge in [-0.3, -0.25) is 9.52 Å². The number of nitrogens with one attached hydrogen (secondary N) is 2. The lowest BCUT2D eigenvalue weighted by molar-refractivity contribution is -0.115. The molecule has 0 saturated heterocycles. The van der Waals surface area contributed by atoms with Crippen molar-refractivity contribution in [3.63, 3.8) is 0 Å². The largest absolute Gasteiger partial charge is 0.354 e. The number of nitrogens with zero attached hydrogens (tertiary/aromatic N) is 1. The molecule has 3 aromatic rings. The highest BCUT2D eigenvalue weighted by molar-refractivity contribution is 7.92. The van der Waals surface area contributed by atoms with Crippen molar-refractivity contribution in [1.29, 1.82) is 0 Å². The van der Waals surface area contributed by atoms with Gasteiger partial charge < -0.3 is 9.84 Å². The van der Waals surface area contributed by atoms with E-state index in [9.17, 15) is 13.2 Å². The van der Waals surface area contributed by atoms with Crippen molar-refractivity contribution >= 4 is 39.5 Å². The number of amides is 1. The van der Waals surface area contributed by atoms with Gasteiger partial charge in [-0.25, -0.2) is 8.42 Å². The van der Waals surface area contributed by atoms with Crippen molar-refractivity contribution in [2.75, 3.05) is 10.0 Å². The van der Waals surface area contributed by atoms with Gasteiger partial charge in [0, 0.05) is 6.42 Å². The molecule has 2 N–H and O–H groups in total. The minimum Gasteiger partial charge on any atom is -0.354 e. The summed E-state index contributed by atoms with van der Waals surface area (Å²) in [5.41, 5.74) is 3.27. The first-order chi connectivity index (χ1) is 14.3. The first kappa shape index (κ1) is 21.3. The molecule has 0 aliphatic rings. The summed E-state index contributed by atoms with van der Waals surface area (Å²) in [4.78, 5) is 11.8. The maximum Gasteiger partial charge on any atom is 0.261 e. The molecule has 1 aromatic heterocycles. The van der Waals surface area contributed by atoms with E-state index in [-0.39, 0.29) is 10.8 Å². The monoisotopic (exact) mass is 425 g/mol. The first-order valence-corrected chi connectivity index (χ1v) is 10.9. The Bertz CT molecular complexity index is 1180. The van der Waals surface area contributed by atoms with Crippen molar-refractivity contribution < 1.29 is 17.7 Å². The summed E-state index contributed by atoms with van der Waals surface area (Å²) in [6.07, 6.45) is 3.79. The van der Waals surface area contributed by atoms with Gasteiger partial charge in [0.05, 0.1) is 10.6 Å². The van der Waals surface area contributed by atoms with Crippen molar-refractivity contribution in [1.82, 2.24) is 5.16 Å². The highest BCUT2D eigenvalue weighted by atomic mass is 32.2. The number of aryl methyl sites for hydroxylation is 2. The molecule has 7 nitrogen and oxygen atoms in total. The van der Waals surface area contributed by atoms with Crippen molar-refractivity contribution in [3.8, 4) is 0 Å². The number of carbonyl (C=O) groups is 1. The Morgan fingerprint density at radius 1 is 1.07 bits per heavy atom. The molecule has 0 fully saturated rings. The fraction of sp³-hybridized carbons (Fsp3) is 0.182. The maximum atomic E-state index is 12.6. The van der Waals surface area contributed by atoms with Gasteiger partial charge in [-0.15, -0.1) is 0 Å². The van der Waals surface area contributed by atoms with Crippen LogP contribution in [0.15, 0.2) is 57.9 Å². The molecule has 3 rings (SSSR count). The van der Waals surface area contributed by atoms with Gasteiger partial charge in [0.1, 0.15) is 11.4 Å². The van der Waals surface area contributed by atoms with Crippen molar-refractivity contribution in [2.24, 2.45) is 0 Å². The summed E-state index contributed by atoms with van der Waals surface area (Å²) in [6, 6.07) is 13.6. The van der Waals surface area contributed by atoms with Crippen LogP contribution < -0.4 is 10.0 Å². The number of aromatic nitrogens is 1. The second kappa shape index (κ2) is 8.96. The van der Waals surface area contributed by atoms with Gasteiger partial charge in [-0.2, -0.15) is 0 Å². The Labute approximate surface area is 175 Å². The molecule has 156 valence electrons. The van der Waals surface area contributed by atoms with Crippen LogP contribution in [0, 0.1) is 13.8 Å². The zero-order chi connectivity index (χ0) is 21.7. The predicted molar refractivity (Wildman–Crippen MR) is 118 cm³/mol. The fourth-order valence-electron chi connectivity index (χ4n) is 2.70. The number of para-hydroxylation sites is 1. The lowest BCUT2D eigenvalue weighted by Gasteiger charge is -2.10. The van der Waals surface area contributed by atoms with Crippen LogP contribution in [0.2, 0.25) is 0 Å². The van der Waals surface area contributed by atoms with Crippen LogP contribution in [0.25, 0.3) is 12.2 Å². The molecule has 0 bridgehead atoms. The Hall–Kier alpha value is -3.39. The topological polar surface area (TPSA) is 101 Å². The van der Waals surface area contributed by atoms with Crippen LogP contribution in [-0.2, 0) is 14.8 Å². The summed E-state index contributed by atoms with van der Waals surface area (Å²) in [5, 5.41) is 6.65. The second-order valence-electron chi connectivity index (χ2n) is 6.73. The molecule has 0 aliphatic heterocycles. The molecule has 0 atom stereocenters. The van der Waals surface area contributed by atoms with E-state index in [0.29, 0.717) is 29.2 Å². The van der Waals surface area contributed by atoms with E-state index in [0.717, 1.165) is 11.1 Å². The first-order valence-electron chi connectivity index (χ1n) is 9.43. The fourth-order valence-corrected chi connectivity index (χ4v) is 3.83. The minimum absolute atomic E-state index is 0.133. The van der Waals surface area contributed by atoms with Gasteiger partial charge in [0.2, 0.25) is 5.91 Å². The van der Waals surface area contributed by atoms with E-state index < -0.39 is 10.0 Å². The number of anilines is 2. The molecule has 0 unspecified atom stereocenters. The summed E-state index contributed by atoms with van der Waals surface area (Å²) >= 11 is 0. The van der Waals surface area contributed by atoms with Crippen LogP contribution in [0.5, 0.6) is 0 Å². The van der Waals surface area contributed by atoms with Crippen LogP contribution in [0.4, 0.5) is 11.4 Å². The SMILES string of the molecule is CCC(=O)Nc1c(C)noc1C=Cc1ccc(S(=O)(=O)Nc2ccccc2C)cc1. The molecule has 1 heterocycles. The van der Waals surface area contributed by atoms with E-state index in [4.69, 9.17) is 4.52 Å². The van der Waals surface area contributed by atoms with Gasteiger partial charge in [0.25, 0.3) is 10.0 Å². The number of hydrogen-bond acceptors (Lipinski definition) is 5. The third-order valence-electron chi connectivity index (χ3n) is 4.48. The second-order valence-corrected chi connectivity index (χ2v) is 8.41. The molecule has 0 saturated carbocycles. The number of hydrogen-bond donors (Lipinski definition) is 2. The third kappa shape index (κ3) is 4.96. The van der Waals surface area contributed by atoms with Crippen LogP contribution in [-0.4, -0.2) is 19.5 Å². The normalized spacial score (nSPS) is 11.6. The van der Waals surface area contributed by atoms with E-state index in [2.05, 4.69) is 15.2 Å². The summed E-state index contributed by atoms with van der Waals surface area (Å²) in [6.45, 7) is 5.35. The minimum atomic E-state index is -3.69.